The molecule has 1 saturated heterocycles. The van der Waals surface area contributed by atoms with Gasteiger partial charge in [0.2, 0.25) is 11.8 Å². The molecule has 2 amide bonds. The Labute approximate surface area is 174 Å². The first-order valence-electron chi connectivity index (χ1n) is 11.7. The lowest BCUT2D eigenvalue weighted by molar-refractivity contribution is -0.140. The second-order valence-corrected chi connectivity index (χ2v) is 10.4. The Bertz CT molecular complexity index is 724. The Kier molecular flexibility index (Phi) is 5.13. The zero-order valence-corrected chi connectivity index (χ0v) is 17.5. The third-order valence-electron chi connectivity index (χ3n) is 8.09. The van der Waals surface area contributed by atoms with Crippen LogP contribution in [0.15, 0.2) is 30.3 Å². The molecule has 156 valence electrons. The molecule has 0 spiro atoms. The van der Waals surface area contributed by atoms with Gasteiger partial charge in [-0.3, -0.25) is 9.59 Å². The Hall–Kier alpha value is -1.84. The van der Waals surface area contributed by atoms with Crippen LogP contribution in [0, 0.1) is 23.2 Å². The van der Waals surface area contributed by atoms with E-state index in [0.29, 0.717) is 30.8 Å². The molecule has 5 fully saturated rings. The molecule has 0 aromatic heterocycles. The molecule has 0 atom stereocenters. The molecule has 0 unspecified atom stereocenters. The van der Waals surface area contributed by atoms with Crippen molar-refractivity contribution in [2.75, 3.05) is 26.2 Å². The molecule has 4 aliphatic carbocycles. The van der Waals surface area contributed by atoms with Crippen molar-refractivity contribution < 1.29 is 9.59 Å². The quantitative estimate of drug-likeness (QED) is 0.777. The van der Waals surface area contributed by atoms with E-state index in [1.807, 2.05) is 35.2 Å². The third-order valence-corrected chi connectivity index (χ3v) is 8.09. The molecule has 4 heteroatoms. The fourth-order valence-electron chi connectivity index (χ4n) is 7.24. The molecule has 6 rings (SSSR count). The molecule has 0 N–H and O–H groups in total. The summed E-state index contributed by atoms with van der Waals surface area (Å²) in [5, 5.41) is 0. The summed E-state index contributed by atoms with van der Waals surface area (Å²) in [4.78, 5) is 30.0. The van der Waals surface area contributed by atoms with Gasteiger partial charge in [0.05, 0.1) is 6.42 Å². The minimum Gasteiger partial charge on any atom is -0.341 e. The van der Waals surface area contributed by atoms with E-state index in [2.05, 4.69) is 4.90 Å². The van der Waals surface area contributed by atoms with Crippen LogP contribution in [0.2, 0.25) is 0 Å². The SMILES string of the molecule is O=C(Cc1ccccc1)N1CCCN(C(=O)CC23CC4CC(CC(C4)C2)C3)CC1. The molecule has 5 aliphatic rings. The molecular formula is C25H34N2O2. The van der Waals surface area contributed by atoms with Crippen molar-refractivity contribution in [1.82, 2.24) is 9.80 Å². The van der Waals surface area contributed by atoms with Gasteiger partial charge in [-0.25, -0.2) is 0 Å². The molecule has 4 bridgehead atoms. The summed E-state index contributed by atoms with van der Waals surface area (Å²) < 4.78 is 0. The molecule has 1 aromatic rings. The first kappa shape index (κ1) is 19.1. The summed E-state index contributed by atoms with van der Waals surface area (Å²) in [6, 6.07) is 9.97. The van der Waals surface area contributed by atoms with Crippen LogP contribution < -0.4 is 0 Å². The van der Waals surface area contributed by atoms with Gasteiger partial charge in [0.15, 0.2) is 0 Å². The van der Waals surface area contributed by atoms with E-state index in [1.54, 1.807) is 0 Å². The van der Waals surface area contributed by atoms with Crippen molar-refractivity contribution in [1.29, 1.82) is 0 Å². The van der Waals surface area contributed by atoms with Crippen molar-refractivity contribution >= 4 is 11.8 Å². The molecular weight excluding hydrogens is 360 g/mol. The molecule has 0 radical (unpaired) electrons. The second kappa shape index (κ2) is 7.77. The maximum absolute atomic E-state index is 13.2. The van der Waals surface area contributed by atoms with Crippen molar-refractivity contribution in [3.05, 3.63) is 35.9 Å². The predicted octanol–water partition coefficient (Wildman–Crippen LogP) is 3.90. The lowest BCUT2D eigenvalue weighted by atomic mass is 9.49. The van der Waals surface area contributed by atoms with Crippen molar-refractivity contribution in [3.63, 3.8) is 0 Å². The van der Waals surface area contributed by atoms with Crippen molar-refractivity contribution in [2.24, 2.45) is 23.2 Å². The fraction of sp³-hybridized carbons (Fsp3) is 0.680. The van der Waals surface area contributed by atoms with E-state index in [1.165, 1.54) is 38.5 Å². The molecule has 1 aliphatic heterocycles. The summed E-state index contributed by atoms with van der Waals surface area (Å²) in [6.07, 6.45) is 10.3. The Balaban J connectivity index is 1.17. The highest BCUT2D eigenvalue weighted by molar-refractivity contribution is 5.79. The van der Waals surface area contributed by atoms with Gasteiger partial charge >= 0.3 is 0 Å². The van der Waals surface area contributed by atoms with Crippen LogP contribution in [0.3, 0.4) is 0 Å². The van der Waals surface area contributed by atoms with Gasteiger partial charge in [-0.05, 0) is 73.7 Å². The number of hydrogen-bond donors (Lipinski definition) is 0. The summed E-state index contributed by atoms with van der Waals surface area (Å²) in [5.74, 6) is 3.22. The second-order valence-electron chi connectivity index (χ2n) is 10.4. The number of amides is 2. The largest absolute Gasteiger partial charge is 0.341 e. The summed E-state index contributed by atoms with van der Waals surface area (Å²) >= 11 is 0. The lowest BCUT2D eigenvalue weighted by Gasteiger charge is -2.57. The highest BCUT2D eigenvalue weighted by Gasteiger charge is 2.51. The van der Waals surface area contributed by atoms with E-state index in [0.717, 1.165) is 49.2 Å². The van der Waals surface area contributed by atoms with Gasteiger partial charge in [0, 0.05) is 32.6 Å². The lowest BCUT2D eigenvalue weighted by Crippen LogP contribution is -2.48. The van der Waals surface area contributed by atoms with Gasteiger partial charge < -0.3 is 9.80 Å². The smallest absolute Gasteiger partial charge is 0.227 e. The van der Waals surface area contributed by atoms with Crippen LogP contribution in [0.1, 0.15) is 56.9 Å². The summed E-state index contributed by atoms with van der Waals surface area (Å²) in [6.45, 7) is 2.96. The highest BCUT2D eigenvalue weighted by Crippen LogP contribution is 2.61. The number of nitrogens with zero attached hydrogens (tertiary/aromatic N) is 2. The molecule has 1 heterocycles. The van der Waals surface area contributed by atoms with Crippen molar-refractivity contribution in [3.8, 4) is 0 Å². The molecule has 4 nitrogen and oxygen atoms in total. The van der Waals surface area contributed by atoms with Gasteiger partial charge in [0.1, 0.15) is 0 Å². The molecule has 29 heavy (non-hydrogen) atoms. The molecule has 4 saturated carbocycles. The van der Waals surface area contributed by atoms with E-state index in [4.69, 9.17) is 0 Å². The Morgan fingerprint density at radius 2 is 1.34 bits per heavy atom. The van der Waals surface area contributed by atoms with E-state index >= 15 is 0 Å². The number of rotatable bonds is 4. The van der Waals surface area contributed by atoms with Crippen LogP contribution in [-0.4, -0.2) is 47.8 Å². The number of carbonyl (C=O) groups is 2. The maximum atomic E-state index is 13.2. The zero-order valence-electron chi connectivity index (χ0n) is 17.5. The summed E-state index contributed by atoms with van der Waals surface area (Å²) in [7, 11) is 0. The monoisotopic (exact) mass is 394 g/mol. The normalized spacial score (nSPS) is 33.6. The highest BCUT2D eigenvalue weighted by atomic mass is 16.2. The minimum absolute atomic E-state index is 0.187. The first-order chi connectivity index (χ1) is 14.1. The Morgan fingerprint density at radius 3 is 1.93 bits per heavy atom. The number of hydrogen-bond acceptors (Lipinski definition) is 2. The maximum Gasteiger partial charge on any atom is 0.227 e. The Morgan fingerprint density at radius 1 is 0.793 bits per heavy atom. The fourth-order valence-corrected chi connectivity index (χ4v) is 7.24. The average molecular weight is 395 g/mol. The first-order valence-corrected chi connectivity index (χ1v) is 11.7. The van der Waals surface area contributed by atoms with Crippen LogP contribution in [-0.2, 0) is 16.0 Å². The standard InChI is InChI=1S/C25H34N2O2/c28-23(14-19-5-2-1-3-6-19)26-7-4-8-27(10-9-26)24(29)18-25-15-20-11-21(16-25)13-22(12-20)17-25/h1-3,5-6,20-22H,4,7-18H2. The third kappa shape index (κ3) is 4.08. The zero-order chi connectivity index (χ0) is 19.8. The van der Waals surface area contributed by atoms with Crippen molar-refractivity contribution in [2.45, 2.75) is 57.8 Å². The van der Waals surface area contributed by atoms with Crippen LogP contribution in [0.5, 0.6) is 0 Å². The van der Waals surface area contributed by atoms with E-state index in [-0.39, 0.29) is 5.91 Å². The van der Waals surface area contributed by atoms with Gasteiger partial charge in [-0.15, -0.1) is 0 Å². The van der Waals surface area contributed by atoms with Gasteiger partial charge in [0.25, 0.3) is 0 Å². The number of carbonyl (C=O) groups excluding carboxylic acids is 2. The minimum atomic E-state index is 0.187. The topological polar surface area (TPSA) is 40.6 Å². The van der Waals surface area contributed by atoms with Gasteiger partial charge in [-0.1, -0.05) is 30.3 Å². The average Bonchev–Trinajstić information content (AvgIpc) is 2.94. The van der Waals surface area contributed by atoms with E-state index < -0.39 is 0 Å². The van der Waals surface area contributed by atoms with Gasteiger partial charge in [-0.2, -0.15) is 0 Å². The van der Waals surface area contributed by atoms with Crippen LogP contribution in [0.25, 0.3) is 0 Å². The van der Waals surface area contributed by atoms with Crippen LogP contribution in [0.4, 0.5) is 0 Å². The number of benzene rings is 1. The predicted molar refractivity (Wildman–Crippen MR) is 113 cm³/mol. The summed E-state index contributed by atoms with van der Waals surface area (Å²) in [5.41, 5.74) is 1.37. The van der Waals surface area contributed by atoms with E-state index in [9.17, 15) is 9.59 Å². The van der Waals surface area contributed by atoms with Crippen LogP contribution >= 0.6 is 0 Å². The molecule has 1 aromatic carbocycles.